The number of tetrazole rings is 1. The van der Waals surface area contributed by atoms with Crippen LogP contribution in [-0.4, -0.2) is 37.0 Å². The van der Waals surface area contributed by atoms with Crippen molar-refractivity contribution >= 4 is 46.6 Å². The Morgan fingerprint density at radius 3 is 2.50 bits per heavy atom. The van der Waals surface area contributed by atoms with E-state index in [4.69, 9.17) is 23.2 Å². The van der Waals surface area contributed by atoms with Gasteiger partial charge in [-0.25, -0.2) is 0 Å². The lowest BCUT2D eigenvalue weighted by atomic mass is 10.1. The highest BCUT2D eigenvalue weighted by molar-refractivity contribution is 7.99. The smallest absolute Gasteiger partial charge is 0.234 e. The van der Waals surface area contributed by atoms with E-state index in [2.05, 4.69) is 20.8 Å². The highest BCUT2D eigenvalue weighted by Gasteiger charge is 2.15. The van der Waals surface area contributed by atoms with Gasteiger partial charge in [-0.2, -0.15) is 4.68 Å². The molecule has 7 nitrogen and oxygen atoms in total. The monoisotopic (exact) mass is 485 g/mol. The average molecular weight is 486 g/mol. The summed E-state index contributed by atoms with van der Waals surface area (Å²) in [7, 11) is 0. The Balaban J connectivity index is 1.42. The van der Waals surface area contributed by atoms with Gasteiger partial charge in [0.1, 0.15) is 5.75 Å². The van der Waals surface area contributed by atoms with Crippen molar-refractivity contribution in [2.45, 2.75) is 12.1 Å². The highest BCUT2D eigenvalue weighted by Crippen LogP contribution is 2.30. The number of aryl methyl sites for hydroxylation is 1. The molecule has 0 radical (unpaired) electrons. The summed E-state index contributed by atoms with van der Waals surface area (Å²) in [5, 5.41) is 25.3. The molecule has 32 heavy (non-hydrogen) atoms. The summed E-state index contributed by atoms with van der Waals surface area (Å²) in [5.41, 5.74) is 3.93. The van der Waals surface area contributed by atoms with Crippen LogP contribution in [0.15, 0.2) is 65.8 Å². The number of amides is 1. The Bertz CT molecular complexity index is 1280. The van der Waals surface area contributed by atoms with Gasteiger partial charge >= 0.3 is 0 Å². The number of hydrogen-bond donors (Lipinski definition) is 2. The van der Waals surface area contributed by atoms with Gasteiger partial charge in [-0.15, -0.1) is 5.10 Å². The Hall–Kier alpha value is -3.07. The largest absolute Gasteiger partial charge is 0.508 e. The van der Waals surface area contributed by atoms with Crippen molar-refractivity contribution in [2.75, 3.05) is 11.1 Å². The number of hydrogen-bond acceptors (Lipinski definition) is 6. The predicted molar refractivity (Wildman–Crippen MR) is 127 cm³/mol. The number of carbonyl (C=O) groups excluding carboxylic acids is 1. The van der Waals surface area contributed by atoms with Crippen LogP contribution in [0.3, 0.4) is 0 Å². The summed E-state index contributed by atoms with van der Waals surface area (Å²) in [4.78, 5) is 12.5. The van der Waals surface area contributed by atoms with Gasteiger partial charge in [0, 0.05) is 0 Å². The molecule has 1 amide bonds. The highest BCUT2D eigenvalue weighted by atomic mass is 35.5. The van der Waals surface area contributed by atoms with Gasteiger partial charge in [0.25, 0.3) is 0 Å². The first kappa shape index (κ1) is 22.1. The predicted octanol–water partition coefficient (Wildman–Crippen LogP) is 5.38. The molecular formula is C22H17Cl2N5O2S. The SMILES string of the molecule is Cc1ccc(-n2nnnc2SCC(=O)Nc2ccc(-c3ccc(O)cc3)cc2Cl)c(Cl)c1. The zero-order chi connectivity index (χ0) is 22.7. The Morgan fingerprint density at radius 1 is 1.03 bits per heavy atom. The molecule has 3 aromatic carbocycles. The number of rotatable bonds is 6. The lowest BCUT2D eigenvalue weighted by molar-refractivity contribution is -0.113. The summed E-state index contributed by atoms with van der Waals surface area (Å²) in [6, 6.07) is 17.7. The van der Waals surface area contributed by atoms with Gasteiger partial charge in [-0.3, -0.25) is 4.79 Å². The molecule has 0 aliphatic heterocycles. The second kappa shape index (κ2) is 9.60. The van der Waals surface area contributed by atoms with Crippen LogP contribution in [0.25, 0.3) is 16.8 Å². The Morgan fingerprint density at radius 2 is 1.78 bits per heavy atom. The second-order valence-electron chi connectivity index (χ2n) is 6.91. The number of phenolic OH excluding ortho intramolecular Hbond substituents is 1. The topological polar surface area (TPSA) is 92.9 Å². The van der Waals surface area contributed by atoms with Gasteiger partial charge in [-0.1, -0.05) is 59.2 Å². The molecule has 162 valence electrons. The van der Waals surface area contributed by atoms with Gasteiger partial charge < -0.3 is 10.4 Å². The van der Waals surface area contributed by atoms with Crippen molar-refractivity contribution < 1.29 is 9.90 Å². The number of aromatic nitrogens is 4. The van der Waals surface area contributed by atoms with Gasteiger partial charge in [-0.05, 0) is 70.4 Å². The number of halogens is 2. The Labute approximate surface area is 198 Å². The molecule has 0 atom stereocenters. The quantitative estimate of drug-likeness (QED) is 0.356. The molecule has 0 aliphatic carbocycles. The van der Waals surface area contributed by atoms with Crippen LogP contribution < -0.4 is 5.32 Å². The summed E-state index contributed by atoms with van der Waals surface area (Å²) in [6.07, 6.45) is 0. The van der Waals surface area contributed by atoms with E-state index < -0.39 is 0 Å². The van der Waals surface area contributed by atoms with Crippen molar-refractivity contribution in [1.29, 1.82) is 0 Å². The van der Waals surface area contributed by atoms with E-state index in [1.54, 1.807) is 36.4 Å². The number of phenols is 1. The van der Waals surface area contributed by atoms with Crippen molar-refractivity contribution in [3.63, 3.8) is 0 Å². The molecule has 0 spiro atoms. The summed E-state index contributed by atoms with van der Waals surface area (Å²) < 4.78 is 1.50. The molecule has 0 unspecified atom stereocenters. The van der Waals surface area contributed by atoms with Crippen LogP contribution in [0.5, 0.6) is 5.75 Å². The standard InChI is InChI=1S/C22H17Cl2N5O2S/c1-13-2-9-20(18(24)10-13)29-22(26-27-28-29)32-12-21(31)25-19-8-5-15(11-17(19)23)14-3-6-16(30)7-4-14/h2-11,30H,12H2,1H3,(H,25,31). The number of anilines is 1. The minimum atomic E-state index is -0.251. The molecule has 0 fully saturated rings. The van der Waals surface area contributed by atoms with E-state index >= 15 is 0 Å². The number of carbonyl (C=O) groups is 1. The molecule has 0 saturated heterocycles. The third-order valence-electron chi connectivity index (χ3n) is 4.55. The normalized spacial score (nSPS) is 10.8. The molecule has 2 N–H and O–H groups in total. The fraction of sp³-hybridized carbons (Fsp3) is 0.0909. The van der Waals surface area contributed by atoms with Gasteiger partial charge in [0.05, 0.1) is 27.2 Å². The zero-order valence-electron chi connectivity index (χ0n) is 16.8. The van der Waals surface area contributed by atoms with Gasteiger partial charge in [0.2, 0.25) is 11.1 Å². The minimum Gasteiger partial charge on any atom is -0.508 e. The third kappa shape index (κ3) is 5.04. The van der Waals surface area contributed by atoms with E-state index in [1.165, 1.54) is 16.4 Å². The van der Waals surface area contributed by atoms with E-state index in [-0.39, 0.29) is 17.4 Å². The lowest BCUT2D eigenvalue weighted by Gasteiger charge is -2.10. The fourth-order valence-corrected chi connectivity index (χ4v) is 4.20. The van der Waals surface area contributed by atoms with E-state index in [0.717, 1.165) is 16.7 Å². The minimum absolute atomic E-state index is 0.0832. The van der Waals surface area contributed by atoms with E-state index in [9.17, 15) is 9.90 Å². The second-order valence-corrected chi connectivity index (χ2v) is 8.66. The third-order valence-corrected chi connectivity index (χ3v) is 6.08. The van der Waals surface area contributed by atoms with Crippen LogP contribution in [0, 0.1) is 6.92 Å². The first-order valence-electron chi connectivity index (χ1n) is 9.47. The van der Waals surface area contributed by atoms with Gasteiger partial charge in [0.15, 0.2) is 0 Å². The summed E-state index contributed by atoms with van der Waals surface area (Å²) in [6.45, 7) is 1.94. The molecule has 10 heteroatoms. The average Bonchev–Trinajstić information content (AvgIpc) is 3.22. The number of aromatic hydroxyl groups is 1. The first-order chi connectivity index (χ1) is 15.4. The van der Waals surface area contributed by atoms with E-state index in [0.29, 0.717) is 26.6 Å². The zero-order valence-corrected chi connectivity index (χ0v) is 19.1. The lowest BCUT2D eigenvalue weighted by Crippen LogP contribution is -2.15. The molecule has 0 aliphatic rings. The summed E-state index contributed by atoms with van der Waals surface area (Å²) >= 11 is 13.9. The maximum atomic E-state index is 12.5. The maximum Gasteiger partial charge on any atom is 0.234 e. The number of nitrogens with one attached hydrogen (secondary N) is 1. The van der Waals surface area contributed by atoms with Crippen LogP contribution in [0.4, 0.5) is 5.69 Å². The number of thioether (sulfide) groups is 1. The molecular weight excluding hydrogens is 469 g/mol. The maximum absolute atomic E-state index is 12.5. The van der Waals surface area contributed by atoms with Crippen LogP contribution >= 0.6 is 35.0 Å². The van der Waals surface area contributed by atoms with Crippen LogP contribution in [0.2, 0.25) is 10.0 Å². The number of nitrogens with zero attached hydrogens (tertiary/aromatic N) is 4. The van der Waals surface area contributed by atoms with Crippen molar-refractivity contribution in [2.24, 2.45) is 0 Å². The molecule has 0 bridgehead atoms. The first-order valence-corrected chi connectivity index (χ1v) is 11.2. The fourth-order valence-electron chi connectivity index (χ4n) is 2.97. The number of benzene rings is 3. The van der Waals surface area contributed by atoms with Crippen molar-refractivity contribution in [3.05, 3.63) is 76.3 Å². The van der Waals surface area contributed by atoms with Crippen LogP contribution in [-0.2, 0) is 4.79 Å². The van der Waals surface area contributed by atoms with Crippen molar-refractivity contribution in [3.8, 4) is 22.6 Å². The molecule has 1 aromatic heterocycles. The molecule has 0 saturated carbocycles. The molecule has 4 aromatic rings. The van der Waals surface area contributed by atoms with E-state index in [1.807, 2.05) is 31.2 Å². The molecule has 1 heterocycles. The Kier molecular flexibility index (Phi) is 6.64. The van der Waals surface area contributed by atoms with Crippen molar-refractivity contribution in [1.82, 2.24) is 20.2 Å². The van der Waals surface area contributed by atoms with Crippen LogP contribution in [0.1, 0.15) is 5.56 Å². The molecule has 4 rings (SSSR count). The summed E-state index contributed by atoms with van der Waals surface area (Å²) in [5.74, 6) is 0.0237.